The van der Waals surface area contributed by atoms with Crippen LogP contribution in [0.15, 0.2) is 18.2 Å². The minimum Gasteiger partial charge on any atom is -0.462 e. The van der Waals surface area contributed by atoms with E-state index in [-0.39, 0.29) is 0 Å². The standard InChI is InChI=1S/C16H24N2O3/c1-3-21-15(19)13-11-12(5-6-14(13)17)18-9-4-7-16(2,20)8-10-18/h5-6,11,20H,3-4,7-10,17H2,1-2H3. The summed E-state index contributed by atoms with van der Waals surface area (Å²) in [4.78, 5) is 14.1. The molecular weight excluding hydrogens is 268 g/mol. The molecule has 1 heterocycles. The zero-order valence-corrected chi connectivity index (χ0v) is 12.8. The third-order valence-electron chi connectivity index (χ3n) is 3.96. The number of hydrogen-bond acceptors (Lipinski definition) is 5. The molecule has 1 unspecified atom stereocenters. The first kappa shape index (κ1) is 15.6. The number of esters is 1. The van der Waals surface area contributed by atoms with E-state index in [1.807, 2.05) is 13.0 Å². The third kappa shape index (κ3) is 3.88. The lowest BCUT2D eigenvalue weighted by Gasteiger charge is -2.25. The number of hydrogen-bond donors (Lipinski definition) is 2. The number of aliphatic hydroxyl groups is 1. The van der Waals surface area contributed by atoms with Crippen LogP contribution in [0, 0.1) is 0 Å². The highest BCUT2D eigenvalue weighted by molar-refractivity contribution is 5.96. The van der Waals surface area contributed by atoms with Crippen LogP contribution in [0.1, 0.15) is 43.5 Å². The number of anilines is 2. The van der Waals surface area contributed by atoms with E-state index in [1.54, 1.807) is 19.1 Å². The number of nitrogens with two attached hydrogens (primary N) is 1. The second-order valence-corrected chi connectivity index (χ2v) is 5.83. The van der Waals surface area contributed by atoms with Crippen molar-refractivity contribution >= 4 is 17.3 Å². The van der Waals surface area contributed by atoms with Gasteiger partial charge in [0.25, 0.3) is 0 Å². The molecule has 1 aliphatic heterocycles. The number of carbonyl (C=O) groups excluding carboxylic acids is 1. The van der Waals surface area contributed by atoms with Crippen LogP contribution in [-0.4, -0.2) is 36.4 Å². The van der Waals surface area contributed by atoms with Crippen LogP contribution in [0.25, 0.3) is 0 Å². The molecule has 0 aromatic heterocycles. The van der Waals surface area contributed by atoms with Gasteiger partial charge in [0.1, 0.15) is 0 Å². The maximum atomic E-state index is 11.9. The summed E-state index contributed by atoms with van der Waals surface area (Å²) in [5.74, 6) is -0.390. The van der Waals surface area contributed by atoms with Crippen LogP contribution in [0.2, 0.25) is 0 Å². The van der Waals surface area contributed by atoms with E-state index >= 15 is 0 Å². The van der Waals surface area contributed by atoms with Gasteiger partial charge in [-0.25, -0.2) is 4.79 Å². The molecule has 2 rings (SSSR count). The first-order valence-corrected chi connectivity index (χ1v) is 7.47. The number of ether oxygens (including phenoxy) is 1. The lowest BCUT2D eigenvalue weighted by atomic mass is 9.98. The highest BCUT2D eigenvalue weighted by Crippen LogP contribution is 2.27. The van der Waals surface area contributed by atoms with Gasteiger partial charge >= 0.3 is 5.97 Å². The molecule has 0 radical (unpaired) electrons. The van der Waals surface area contributed by atoms with Crippen molar-refractivity contribution in [1.82, 2.24) is 0 Å². The molecular formula is C16H24N2O3. The summed E-state index contributed by atoms with van der Waals surface area (Å²) in [7, 11) is 0. The van der Waals surface area contributed by atoms with E-state index in [9.17, 15) is 9.90 Å². The Kier molecular flexibility index (Phi) is 4.73. The van der Waals surface area contributed by atoms with Gasteiger partial charge in [-0.2, -0.15) is 0 Å². The second-order valence-electron chi connectivity index (χ2n) is 5.83. The van der Waals surface area contributed by atoms with E-state index in [2.05, 4.69) is 4.90 Å². The summed E-state index contributed by atoms with van der Waals surface area (Å²) in [5, 5.41) is 10.2. The zero-order valence-electron chi connectivity index (χ0n) is 12.8. The van der Waals surface area contributed by atoms with Crippen molar-refractivity contribution in [2.45, 2.75) is 38.7 Å². The Morgan fingerprint density at radius 1 is 1.43 bits per heavy atom. The minimum atomic E-state index is -0.605. The first-order valence-electron chi connectivity index (χ1n) is 7.47. The number of carbonyl (C=O) groups is 1. The van der Waals surface area contributed by atoms with Gasteiger partial charge in [-0.1, -0.05) is 0 Å². The fraction of sp³-hybridized carbons (Fsp3) is 0.562. The van der Waals surface area contributed by atoms with Gasteiger partial charge in [-0.05, 0) is 51.3 Å². The van der Waals surface area contributed by atoms with Gasteiger partial charge in [-0.15, -0.1) is 0 Å². The molecule has 5 heteroatoms. The van der Waals surface area contributed by atoms with Crippen LogP contribution >= 0.6 is 0 Å². The second kappa shape index (κ2) is 6.35. The number of rotatable bonds is 3. The molecule has 21 heavy (non-hydrogen) atoms. The van der Waals surface area contributed by atoms with E-state index in [4.69, 9.17) is 10.5 Å². The van der Waals surface area contributed by atoms with Crippen LogP contribution in [-0.2, 0) is 4.74 Å². The van der Waals surface area contributed by atoms with Crippen LogP contribution < -0.4 is 10.6 Å². The van der Waals surface area contributed by atoms with Crippen molar-refractivity contribution in [2.24, 2.45) is 0 Å². The van der Waals surface area contributed by atoms with Gasteiger partial charge in [0.05, 0.1) is 17.8 Å². The predicted octanol–water partition coefficient (Wildman–Crippen LogP) is 2.19. The van der Waals surface area contributed by atoms with Crippen molar-refractivity contribution in [2.75, 3.05) is 30.3 Å². The molecule has 1 aromatic rings. The smallest absolute Gasteiger partial charge is 0.340 e. The molecule has 1 aliphatic rings. The Labute approximate surface area is 125 Å². The van der Waals surface area contributed by atoms with Crippen molar-refractivity contribution in [3.05, 3.63) is 23.8 Å². The average molecular weight is 292 g/mol. The van der Waals surface area contributed by atoms with E-state index in [1.165, 1.54) is 0 Å². The molecule has 0 bridgehead atoms. The van der Waals surface area contributed by atoms with E-state index in [0.717, 1.165) is 31.6 Å². The molecule has 116 valence electrons. The highest BCUT2D eigenvalue weighted by atomic mass is 16.5. The van der Waals surface area contributed by atoms with Crippen LogP contribution in [0.3, 0.4) is 0 Å². The molecule has 5 nitrogen and oxygen atoms in total. The van der Waals surface area contributed by atoms with Gasteiger partial charge in [0.15, 0.2) is 0 Å². The Balaban J connectivity index is 2.20. The molecule has 0 amide bonds. The molecule has 1 aromatic carbocycles. The number of nitrogen functional groups attached to an aromatic ring is 1. The SMILES string of the molecule is CCOC(=O)c1cc(N2CCCC(C)(O)CC2)ccc1N. The van der Waals surface area contributed by atoms with E-state index < -0.39 is 11.6 Å². The molecule has 1 saturated heterocycles. The Hall–Kier alpha value is -1.75. The largest absolute Gasteiger partial charge is 0.462 e. The van der Waals surface area contributed by atoms with Crippen LogP contribution in [0.5, 0.6) is 0 Å². The summed E-state index contributed by atoms with van der Waals surface area (Å²) >= 11 is 0. The molecule has 3 N–H and O–H groups in total. The van der Waals surface area contributed by atoms with Gasteiger partial charge in [-0.3, -0.25) is 0 Å². The monoisotopic (exact) mass is 292 g/mol. The van der Waals surface area contributed by atoms with Gasteiger partial charge < -0.3 is 20.5 Å². The maximum absolute atomic E-state index is 11.9. The molecule has 0 aliphatic carbocycles. The molecule has 0 spiro atoms. The Morgan fingerprint density at radius 3 is 2.90 bits per heavy atom. The molecule has 1 atom stereocenters. The summed E-state index contributed by atoms with van der Waals surface area (Å²) in [6.45, 7) is 5.61. The predicted molar refractivity (Wildman–Crippen MR) is 83.5 cm³/mol. The lowest BCUT2D eigenvalue weighted by Crippen LogP contribution is -2.28. The topological polar surface area (TPSA) is 75.8 Å². The van der Waals surface area contributed by atoms with Crippen molar-refractivity contribution in [1.29, 1.82) is 0 Å². The van der Waals surface area contributed by atoms with Gasteiger partial charge in [0.2, 0.25) is 0 Å². The first-order chi connectivity index (χ1) is 9.93. The Bertz CT molecular complexity index is 514. The van der Waals surface area contributed by atoms with Crippen molar-refractivity contribution < 1.29 is 14.6 Å². The minimum absolute atomic E-state index is 0.328. The molecule has 1 fully saturated rings. The fourth-order valence-electron chi connectivity index (χ4n) is 2.65. The number of benzene rings is 1. The molecule has 0 saturated carbocycles. The summed E-state index contributed by atoms with van der Waals surface area (Å²) in [6.07, 6.45) is 2.43. The quantitative estimate of drug-likeness (QED) is 0.659. The summed E-state index contributed by atoms with van der Waals surface area (Å²) in [6, 6.07) is 5.44. The zero-order chi connectivity index (χ0) is 15.5. The highest BCUT2D eigenvalue weighted by Gasteiger charge is 2.25. The maximum Gasteiger partial charge on any atom is 0.340 e. The van der Waals surface area contributed by atoms with E-state index in [0.29, 0.717) is 24.3 Å². The third-order valence-corrected chi connectivity index (χ3v) is 3.96. The van der Waals surface area contributed by atoms with Crippen molar-refractivity contribution in [3.8, 4) is 0 Å². The Morgan fingerprint density at radius 2 is 2.19 bits per heavy atom. The summed E-state index contributed by atoms with van der Waals surface area (Å²) in [5.41, 5.74) is 7.05. The lowest BCUT2D eigenvalue weighted by molar-refractivity contribution is 0.0480. The van der Waals surface area contributed by atoms with Gasteiger partial charge in [0, 0.05) is 24.5 Å². The van der Waals surface area contributed by atoms with Crippen LogP contribution in [0.4, 0.5) is 11.4 Å². The average Bonchev–Trinajstić information content (AvgIpc) is 2.60. The number of nitrogens with zero attached hydrogens (tertiary/aromatic N) is 1. The fourth-order valence-corrected chi connectivity index (χ4v) is 2.65. The van der Waals surface area contributed by atoms with Crippen molar-refractivity contribution in [3.63, 3.8) is 0 Å². The normalized spacial score (nSPS) is 22.7. The summed E-state index contributed by atoms with van der Waals surface area (Å²) < 4.78 is 5.03.